The molecule has 0 radical (unpaired) electrons. The third-order valence-electron chi connectivity index (χ3n) is 5.60. The van der Waals surface area contributed by atoms with Gasteiger partial charge in [-0.3, -0.25) is 4.98 Å². The molecule has 1 unspecified atom stereocenters. The average molecular weight is 482 g/mol. The van der Waals surface area contributed by atoms with Gasteiger partial charge in [-0.15, -0.1) is 0 Å². The molecule has 1 saturated heterocycles. The monoisotopic (exact) mass is 481 g/mol. The summed E-state index contributed by atoms with van der Waals surface area (Å²) in [6, 6.07) is 11.8. The molecule has 0 aromatic carbocycles. The minimum atomic E-state index is -3.18. The Kier molecular flexibility index (Phi) is 5.69. The minimum absolute atomic E-state index is 0.0574. The predicted molar refractivity (Wildman–Crippen MR) is 131 cm³/mol. The number of anilines is 3. The Morgan fingerprint density at radius 1 is 1.06 bits per heavy atom. The highest BCUT2D eigenvalue weighted by atomic mass is 32.2. The van der Waals surface area contributed by atoms with Crippen molar-refractivity contribution in [3.63, 3.8) is 0 Å². The molecule has 0 spiro atoms. The summed E-state index contributed by atoms with van der Waals surface area (Å²) >= 11 is 1.47. The Labute approximate surface area is 196 Å². The van der Waals surface area contributed by atoms with E-state index in [1.165, 1.54) is 21.9 Å². The average Bonchev–Trinajstić information content (AvgIpc) is 3.20. The number of fused-ring (bicyclic) bond motifs is 1. The molecule has 5 heterocycles. The number of nitrogens with zero attached hydrogens (tertiary/aromatic N) is 6. The number of thiazole rings is 1. The summed E-state index contributed by atoms with van der Waals surface area (Å²) < 4.78 is 25.3. The summed E-state index contributed by atoms with van der Waals surface area (Å²) in [4.78, 5) is 20.9. The molecular weight excluding hydrogens is 458 g/mol. The summed E-state index contributed by atoms with van der Waals surface area (Å²) in [5.41, 5.74) is 3.70. The zero-order valence-corrected chi connectivity index (χ0v) is 19.8. The van der Waals surface area contributed by atoms with Crippen molar-refractivity contribution < 1.29 is 8.42 Å². The van der Waals surface area contributed by atoms with E-state index in [0.29, 0.717) is 30.6 Å². The van der Waals surface area contributed by atoms with Gasteiger partial charge in [0.15, 0.2) is 5.13 Å². The smallest absolute Gasteiger partial charge is 0.211 e. The van der Waals surface area contributed by atoms with Crippen LogP contribution >= 0.6 is 11.3 Å². The van der Waals surface area contributed by atoms with Crippen LogP contribution in [0.3, 0.4) is 0 Å². The van der Waals surface area contributed by atoms with Crippen molar-refractivity contribution in [1.82, 2.24) is 24.2 Å². The summed E-state index contributed by atoms with van der Waals surface area (Å²) in [5.74, 6) is 0.679. The standard InChI is InChI=1S/C22H23N7O2S2/c1-15-14-28(33(2,30)31)11-12-29(15)17-7-10-24-20(13-17)27-22-26-19-4-3-18(25-21(19)32-22)16-5-8-23-9-6-16/h3-10,13,15H,11-12,14H2,1-2H3,(H,24,26,27). The highest BCUT2D eigenvalue weighted by Crippen LogP contribution is 2.30. The SMILES string of the molecule is CC1CN(S(C)(=O)=O)CCN1c1ccnc(Nc2nc3ccc(-c4ccncc4)nc3s2)c1. The molecule has 1 atom stereocenters. The molecule has 0 saturated carbocycles. The molecule has 33 heavy (non-hydrogen) atoms. The van der Waals surface area contributed by atoms with Gasteiger partial charge >= 0.3 is 0 Å². The fraction of sp³-hybridized carbons (Fsp3) is 0.273. The van der Waals surface area contributed by atoms with Crippen LogP contribution in [0.15, 0.2) is 55.0 Å². The lowest BCUT2D eigenvalue weighted by atomic mass is 10.2. The van der Waals surface area contributed by atoms with Crippen molar-refractivity contribution in [2.45, 2.75) is 13.0 Å². The summed E-state index contributed by atoms with van der Waals surface area (Å²) in [5, 5.41) is 4.01. The number of pyridine rings is 3. The Morgan fingerprint density at radius 3 is 2.64 bits per heavy atom. The van der Waals surface area contributed by atoms with E-state index < -0.39 is 10.0 Å². The molecule has 4 aromatic heterocycles. The van der Waals surface area contributed by atoms with Gasteiger partial charge in [-0.2, -0.15) is 4.31 Å². The van der Waals surface area contributed by atoms with Gasteiger partial charge in [0.1, 0.15) is 16.2 Å². The number of aromatic nitrogens is 4. The van der Waals surface area contributed by atoms with E-state index in [-0.39, 0.29) is 6.04 Å². The Hall–Kier alpha value is -3.15. The molecule has 11 heteroatoms. The van der Waals surface area contributed by atoms with Crippen LogP contribution < -0.4 is 10.2 Å². The van der Waals surface area contributed by atoms with Crippen LogP contribution in [0.4, 0.5) is 16.6 Å². The normalized spacial score (nSPS) is 17.4. The zero-order valence-electron chi connectivity index (χ0n) is 18.2. The maximum Gasteiger partial charge on any atom is 0.211 e. The lowest BCUT2D eigenvalue weighted by Gasteiger charge is -2.40. The van der Waals surface area contributed by atoms with E-state index >= 15 is 0 Å². The number of rotatable bonds is 5. The Bertz CT molecular complexity index is 1390. The molecule has 0 bridgehead atoms. The molecular formula is C22H23N7O2S2. The van der Waals surface area contributed by atoms with Crippen LogP contribution in [0.2, 0.25) is 0 Å². The van der Waals surface area contributed by atoms with Gasteiger partial charge in [-0.1, -0.05) is 11.3 Å². The summed E-state index contributed by atoms with van der Waals surface area (Å²) in [6.45, 7) is 3.59. The van der Waals surface area contributed by atoms with Gasteiger partial charge in [0.25, 0.3) is 0 Å². The third-order valence-corrected chi connectivity index (χ3v) is 7.75. The molecule has 170 valence electrons. The summed E-state index contributed by atoms with van der Waals surface area (Å²) in [7, 11) is -3.18. The molecule has 1 aliphatic heterocycles. The highest BCUT2D eigenvalue weighted by Gasteiger charge is 2.29. The third kappa shape index (κ3) is 4.65. The number of sulfonamides is 1. The second-order valence-electron chi connectivity index (χ2n) is 7.96. The van der Waals surface area contributed by atoms with E-state index in [9.17, 15) is 8.42 Å². The zero-order chi connectivity index (χ0) is 23.0. The highest BCUT2D eigenvalue weighted by molar-refractivity contribution is 7.88. The van der Waals surface area contributed by atoms with Crippen LogP contribution in [-0.2, 0) is 10.0 Å². The Morgan fingerprint density at radius 2 is 1.88 bits per heavy atom. The predicted octanol–water partition coefficient (Wildman–Crippen LogP) is 3.36. The molecule has 1 fully saturated rings. The van der Waals surface area contributed by atoms with E-state index in [4.69, 9.17) is 4.98 Å². The minimum Gasteiger partial charge on any atom is -0.366 e. The van der Waals surface area contributed by atoms with Gasteiger partial charge < -0.3 is 10.2 Å². The molecule has 0 aliphatic carbocycles. The second kappa shape index (κ2) is 8.65. The number of hydrogen-bond acceptors (Lipinski definition) is 9. The first-order valence-corrected chi connectivity index (χ1v) is 13.2. The van der Waals surface area contributed by atoms with Crippen molar-refractivity contribution in [3.8, 4) is 11.3 Å². The van der Waals surface area contributed by atoms with E-state index in [1.807, 2.05) is 43.3 Å². The van der Waals surface area contributed by atoms with Crippen molar-refractivity contribution in [2.75, 3.05) is 36.1 Å². The quantitative estimate of drug-likeness (QED) is 0.463. The van der Waals surface area contributed by atoms with Gasteiger partial charge in [0, 0.05) is 61.6 Å². The molecule has 1 aliphatic rings. The van der Waals surface area contributed by atoms with Crippen LogP contribution in [-0.4, -0.2) is 64.6 Å². The molecule has 4 aromatic rings. The first-order valence-electron chi connectivity index (χ1n) is 10.5. The van der Waals surface area contributed by atoms with Gasteiger partial charge in [0.05, 0.1) is 11.9 Å². The van der Waals surface area contributed by atoms with Gasteiger partial charge in [-0.25, -0.2) is 23.4 Å². The lowest BCUT2D eigenvalue weighted by Crippen LogP contribution is -2.53. The van der Waals surface area contributed by atoms with E-state index in [0.717, 1.165) is 27.3 Å². The topological polar surface area (TPSA) is 104 Å². The van der Waals surface area contributed by atoms with Crippen LogP contribution in [0, 0.1) is 0 Å². The fourth-order valence-electron chi connectivity index (χ4n) is 3.94. The summed E-state index contributed by atoms with van der Waals surface area (Å²) in [6.07, 6.45) is 6.51. The van der Waals surface area contributed by atoms with Crippen molar-refractivity contribution >= 4 is 48.3 Å². The van der Waals surface area contributed by atoms with E-state index in [1.54, 1.807) is 18.6 Å². The number of nitrogens with one attached hydrogen (secondary N) is 1. The van der Waals surface area contributed by atoms with E-state index in [2.05, 4.69) is 25.2 Å². The maximum absolute atomic E-state index is 11.9. The lowest BCUT2D eigenvalue weighted by molar-refractivity contribution is 0.345. The Balaban J connectivity index is 1.34. The van der Waals surface area contributed by atoms with Crippen LogP contribution in [0.5, 0.6) is 0 Å². The van der Waals surface area contributed by atoms with Crippen LogP contribution in [0.25, 0.3) is 21.6 Å². The van der Waals surface area contributed by atoms with Crippen molar-refractivity contribution in [1.29, 1.82) is 0 Å². The first kappa shape index (κ1) is 21.7. The number of hydrogen-bond donors (Lipinski definition) is 1. The van der Waals surface area contributed by atoms with Crippen molar-refractivity contribution in [3.05, 3.63) is 55.0 Å². The second-order valence-corrected chi connectivity index (χ2v) is 10.9. The fourth-order valence-corrected chi connectivity index (χ4v) is 5.68. The largest absolute Gasteiger partial charge is 0.366 e. The maximum atomic E-state index is 11.9. The van der Waals surface area contributed by atoms with Crippen LogP contribution in [0.1, 0.15) is 6.92 Å². The first-order chi connectivity index (χ1) is 15.9. The molecule has 1 N–H and O–H groups in total. The van der Waals surface area contributed by atoms with Gasteiger partial charge in [-0.05, 0) is 37.3 Å². The molecule has 5 rings (SSSR count). The van der Waals surface area contributed by atoms with Gasteiger partial charge in [0.2, 0.25) is 10.0 Å². The van der Waals surface area contributed by atoms with Crippen molar-refractivity contribution in [2.24, 2.45) is 0 Å². The molecule has 9 nitrogen and oxygen atoms in total. The number of piperazine rings is 1. The molecule has 0 amide bonds.